The summed E-state index contributed by atoms with van der Waals surface area (Å²) in [6, 6.07) is 7.41. The van der Waals surface area contributed by atoms with Crippen LogP contribution in [0.25, 0.3) is 0 Å². The maximum absolute atomic E-state index is 12.1. The molecule has 2 rings (SSSR count). The van der Waals surface area contributed by atoms with Gasteiger partial charge in [0.05, 0.1) is 11.3 Å². The Bertz CT molecular complexity index is 610. The van der Waals surface area contributed by atoms with Crippen LogP contribution >= 0.6 is 0 Å². The van der Waals surface area contributed by atoms with E-state index in [1.54, 1.807) is 12.3 Å². The zero-order valence-electron chi connectivity index (χ0n) is 10.9. The molecule has 0 atom stereocenters. The minimum atomic E-state index is -0.246. The number of pyridine rings is 1. The summed E-state index contributed by atoms with van der Waals surface area (Å²) in [5.74, 6) is 5.12. The average Bonchev–Trinajstić information content (AvgIpc) is 2.43. The molecular formula is C14H16N4O. The standard InChI is InChI=1S/C14H16N4O/c1-9-3-4-11(7-10(9)2)17-14(19)12-8-16-6-5-13(12)18-15/h3-8H,15H2,1-2H3,(H,16,18)(H,17,19). The molecule has 5 heteroatoms. The van der Waals surface area contributed by atoms with E-state index in [1.165, 1.54) is 11.8 Å². The summed E-state index contributed by atoms with van der Waals surface area (Å²) in [5.41, 5.74) is 6.49. The van der Waals surface area contributed by atoms with E-state index < -0.39 is 0 Å². The first kappa shape index (κ1) is 13.0. The van der Waals surface area contributed by atoms with Gasteiger partial charge < -0.3 is 10.7 Å². The quantitative estimate of drug-likeness (QED) is 0.581. The van der Waals surface area contributed by atoms with Crippen molar-refractivity contribution in [1.82, 2.24) is 4.98 Å². The molecule has 0 aliphatic heterocycles. The van der Waals surface area contributed by atoms with E-state index in [4.69, 9.17) is 5.84 Å². The Hall–Kier alpha value is -2.40. The molecule has 0 saturated carbocycles. The number of hydrogen-bond donors (Lipinski definition) is 3. The van der Waals surface area contributed by atoms with Crippen molar-refractivity contribution < 1.29 is 4.79 Å². The van der Waals surface area contributed by atoms with Crippen LogP contribution in [0.3, 0.4) is 0 Å². The highest BCUT2D eigenvalue weighted by atomic mass is 16.1. The molecule has 1 amide bonds. The summed E-state index contributed by atoms with van der Waals surface area (Å²) in [6.45, 7) is 4.03. The van der Waals surface area contributed by atoms with Crippen LogP contribution in [0, 0.1) is 13.8 Å². The Labute approximate surface area is 111 Å². The van der Waals surface area contributed by atoms with Crippen LogP contribution in [0.1, 0.15) is 21.5 Å². The largest absolute Gasteiger partial charge is 0.323 e. The lowest BCUT2D eigenvalue weighted by Gasteiger charge is -2.10. The SMILES string of the molecule is Cc1ccc(NC(=O)c2cnccc2NN)cc1C. The summed E-state index contributed by atoms with van der Waals surface area (Å²) in [7, 11) is 0. The predicted molar refractivity (Wildman–Crippen MR) is 75.9 cm³/mol. The predicted octanol–water partition coefficient (Wildman–Crippen LogP) is 2.24. The number of anilines is 2. The molecule has 0 bridgehead atoms. The molecule has 2 aromatic rings. The molecule has 1 aromatic carbocycles. The Balaban J connectivity index is 2.23. The van der Waals surface area contributed by atoms with Crippen LogP contribution in [0.4, 0.5) is 11.4 Å². The van der Waals surface area contributed by atoms with Crippen LogP contribution < -0.4 is 16.6 Å². The summed E-state index contributed by atoms with van der Waals surface area (Å²) in [5, 5.41) is 2.83. The van der Waals surface area contributed by atoms with E-state index in [1.807, 2.05) is 32.0 Å². The van der Waals surface area contributed by atoms with Gasteiger partial charge in [0.25, 0.3) is 5.91 Å². The third kappa shape index (κ3) is 2.89. The molecule has 1 aromatic heterocycles. The zero-order valence-corrected chi connectivity index (χ0v) is 10.9. The molecule has 0 aliphatic carbocycles. The topological polar surface area (TPSA) is 80.0 Å². The van der Waals surface area contributed by atoms with Gasteiger partial charge in [-0.1, -0.05) is 6.07 Å². The van der Waals surface area contributed by atoms with Crippen LogP contribution in [0.2, 0.25) is 0 Å². The van der Waals surface area contributed by atoms with Gasteiger partial charge in [0.15, 0.2) is 0 Å². The second-order valence-corrected chi connectivity index (χ2v) is 4.32. The number of hydrogen-bond acceptors (Lipinski definition) is 4. The van der Waals surface area contributed by atoms with E-state index in [-0.39, 0.29) is 5.91 Å². The van der Waals surface area contributed by atoms with Crippen molar-refractivity contribution in [3.8, 4) is 0 Å². The van der Waals surface area contributed by atoms with Crippen molar-refractivity contribution in [2.75, 3.05) is 10.7 Å². The highest BCUT2D eigenvalue weighted by molar-refractivity contribution is 6.07. The second-order valence-electron chi connectivity index (χ2n) is 4.32. The van der Waals surface area contributed by atoms with Crippen molar-refractivity contribution in [2.45, 2.75) is 13.8 Å². The number of aromatic nitrogens is 1. The fraction of sp³-hybridized carbons (Fsp3) is 0.143. The minimum Gasteiger partial charge on any atom is -0.323 e. The number of nitrogen functional groups attached to an aromatic ring is 1. The number of nitrogens with zero attached hydrogens (tertiary/aromatic N) is 1. The zero-order chi connectivity index (χ0) is 13.8. The highest BCUT2D eigenvalue weighted by Gasteiger charge is 2.11. The van der Waals surface area contributed by atoms with Crippen LogP contribution in [-0.4, -0.2) is 10.9 Å². The molecule has 1 heterocycles. The minimum absolute atomic E-state index is 0.246. The Morgan fingerprint density at radius 3 is 2.68 bits per heavy atom. The van der Waals surface area contributed by atoms with Crippen molar-refractivity contribution in [3.63, 3.8) is 0 Å². The molecule has 0 unspecified atom stereocenters. The maximum Gasteiger partial charge on any atom is 0.259 e. The van der Waals surface area contributed by atoms with Crippen LogP contribution in [0.15, 0.2) is 36.7 Å². The molecule has 98 valence electrons. The van der Waals surface area contributed by atoms with Gasteiger partial charge in [0, 0.05) is 18.1 Å². The van der Waals surface area contributed by atoms with Crippen LogP contribution in [-0.2, 0) is 0 Å². The normalized spacial score (nSPS) is 10.1. The molecule has 0 radical (unpaired) electrons. The summed E-state index contributed by atoms with van der Waals surface area (Å²) < 4.78 is 0. The van der Waals surface area contributed by atoms with Crippen molar-refractivity contribution in [2.24, 2.45) is 5.84 Å². The van der Waals surface area contributed by atoms with Gasteiger partial charge in [-0.3, -0.25) is 15.6 Å². The number of nitrogens with one attached hydrogen (secondary N) is 2. The first-order valence-corrected chi connectivity index (χ1v) is 5.91. The monoisotopic (exact) mass is 256 g/mol. The van der Waals surface area contributed by atoms with E-state index in [2.05, 4.69) is 15.7 Å². The summed E-state index contributed by atoms with van der Waals surface area (Å²) in [6.07, 6.45) is 3.05. The first-order chi connectivity index (χ1) is 9.11. The molecule has 0 spiro atoms. The number of aryl methyl sites for hydroxylation is 2. The van der Waals surface area contributed by atoms with Gasteiger partial charge in [-0.15, -0.1) is 0 Å². The molecule has 4 N–H and O–H groups in total. The first-order valence-electron chi connectivity index (χ1n) is 5.91. The molecule has 19 heavy (non-hydrogen) atoms. The molecule has 0 aliphatic rings. The van der Waals surface area contributed by atoms with Crippen molar-refractivity contribution in [3.05, 3.63) is 53.3 Å². The smallest absolute Gasteiger partial charge is 0.259 e. The fourth-order valence-electron chi connectivity index (χ4n) is 1.72. The van der Waals surface area contributed by atoms with Crippen molar-refractivity contribution >= 4 is 17.3 Å². The fourth-order valence-corrected chi connectivity index (χ4v) is 1.72. The molecule has 5 nitrogen and oxygen atoms in total. The van der Waals surface area contributed by atoms with Gasteiger partial charge in [0.2, 0.25) is 0 Å². The van der Waals surface area contributed by atoms with Gasteiger partial charge in [-0.2, -0.15) is 0 Å². The van der Waals surface area contributed by atoms with Gasteiger partial charge in [-0.25, -0.2) is 0 Å². The number of hydrazine groups is 1. The number of amides is 1. The number of benzene rings is 1. The lowest BCUT2D eigenvalue weighted by molar-refractivity contribution is 0.102. The van der Waals surface area contributed by atoms with Crippen molar-refractivity contribution in [1.29, 1.82) is 0 Å². The molecular weight excluding hydrogens is 240 g/mol. The second kappa shape index (κ2) is 5.49. The van der Waals surface area contributed by atoms with Gasteiger partial charge in [0.1, 0.15) is 0 Å². The summed E-state index contributed by atoms with van der Waals surface area (Å²) in [4.78, 5) is 16.1. The highest BCUT2D eigenvalue weighted by Crippen LogP contribution is 2.17. The lowest BCUT2D eigenvalue weighted by atomic mass is 10.1. The number of nitrogens with two attached hydrogens (primary N) is 1. The lowest BCUT2D eigenvalue weighted by Crippen LogP contribution is -2.17. The Kier molecular flexibility index (Phi) is 3.77. The van der Waals surface area contributed by atoms with E-state index in [0.717, 1.165) is 11.3 Å². The van der Waals surface area contributed by atoms with Gasteiger partial charge in [-0.05, 0) is 43.2 Å². The number of carbonyl (C=O) groups excluding carboxylic acids is 1. The average molecular weight is 256 g/mol. The van der Waals surface area contributed by atoms with E-state index >= 15 is 0 Å². The third-order valence-electron chi connectivity index (χ3n) is 2.99. The Morgan fingerprint density at radius 1 is 1.21 bits per heavy atom. The summed E-state index contributed by atoms with van der Waals surface area (Å²) >= 11 is 0. The molecule has 0 saturated heterocycles. The number of rotatable bonds is 3. The van der Waals surface area contributed by atoms with Gasteiger partial charge >= 0.3 is 0 Å². The molecule has 0 fully saturated rings. The number of carbonyl (C=O) groups is 1. The van der Waals surface area contributed by atoms with E-state index in [9.17, 15) is 4.79 Å². The van der Waals surface area contributed by atoms with Crippen LogP contribution in [0.5, 0.6) is 0 Å². The third-order valence-corrected chi connectivity index (χ3v) is 2.99. The maximum atomic E-state index is 12.1. The Morgan fingerprint density at radius 2 is 2.00 bits per heavy atom. The van der Waals surface area contributed by atoms with E-state index in [0.29, 0.717) is 11.3 Å².